The minimum Gasteiger partial charge on any atom is -0.399 e. The molecule has 19 rings (SSSR count). The van der Waals surface area contributed by atoms with Crippen LogP contribution in [0.3, 0.4) is 0 Å². The van der Waals surface area contributed by atoms with Crippen molar-refractivity contribution in [2.75, 3.05) is 14.7 Å². The van der Waals surface area contributed by atoms with Gasteiger partial charge in [0.05, 0.1) is 28.3 Å². The fraction of sp³-hybridized carbons (Fsp3) is 0.100. The van der Waals surface area contributed by atoms with E-state index >= 15 is 0 Å². The molecule has 6 amide bonds. The molecule has 14 aromatic carbocycles. The first kappa shape index (κ1) is 70.6. The molecule has 518 valence electrons. The normalized spacial score (nSPS) is 14.5. The lowest BCUT2D eigenvalue weighted by molar-refractivity contribution is 0.00578. The largest absolute Gasteiger partial charge is 0.495 e. The number of hydrogen-bond acceptors (Lipinski definition) is 11. The summed E-state index contributed by atoms with van der Waals surface area (Å²) in [6.45, 7) is 8.03. The monoisotopic (exact) mass is 1450 g/mol. The molecule has 0 bridgehead atoms. The Balaban J connectivity index is 0.000000136. The number of carbonyl (C=O) groups is 6. The van der Waals surface area contributed by atoms with Crippen molar-refractivity contribution in [3.63, 3.8) is 0 Å². The van der Waals surface area contributed by atoms with E-state index < -0.39 is 18.3 Å². The summed E-state index contributed by atoms with van der Waals surface area (Å²) in [5, 5.41) is 10.5. The van der Waals surface area contributed by atoms with Crippen LogP contribution in [0.1, 0.15) is 112 Å². The van der Waals surface area contributed by atoms with Crippen molar-refractivity contribution in [3.8, 4) is 34.2 Å². The van der Waals surface area contributed by atoms with Crippen LogP contribution in [-0.2, 0) is 9.31 Å². The highest BCUT2D eigenvalue weighted by atomic mass is 79.9. The second kappa shape index (κ2) is 27.6. The molecule has 0 N–H and O–H groups in total. The number of hydrogen-bond donors (Lipinski definition) is 0. The van der Waals surface area contributed by atoms with Crippen LogP contribution in [0.2, 0.25) is 0 Å². The number of fused-ring (bicyclic) bond motifs is 3. The molecular formula is C90H70BBrN6O8. The number of rotatable bonds is 7. The lowest BCUT2D eigenvalue weighted by atomic mass is 9.74. The molecule has 14 nitrogen and oxygen atoms in total. The molecule has 1 saturated heterocycles. The topological polar surface area (TPSA) is 169 Å². The maximum atomic E-state index is 13.9. The van der Waals surface area contributed by atoms with Crippen molar-refractivity contribution >= 4 is 146 Å². The van der Waals surface area contributed by atoms with Crippen LogP contribution in [-0.4, -0.2) is 68.7 Å². The molecule has 5 heterocycles. The quantitative estimate of drug-likeness (QED) is 0.110. The lowest BCUT2D eigenvalue weighted by Gasteiger charge is -2.32. The maximum Gasteiger partial charge on any atom is 0.495 e. The molecule has 4 aliphatic rings. The summed E-state index contributed by atoms with van der Waals surface area (Å²) in [6.07, 6.45) is 0. The van der Waals surface area contributed by atoms with Gasteiger partial charge < -0.3 is 9.31 Å². The number of halogens is 1. The Hall–Kier alpha value is -12.5. The molecule has 4 aliphatic heterocycles. The van der Waals surface area contributed by atoms with Gasteiger partial charge in [-0.1, -0.05) is 232 Å². The van der Waals surface area contributed by atoms with E-state index in [0.29, 0.717) is 84.1 Å². The van der Waals surface area contributed by atoms with Gasteiger partial charge in [0, 0.05) is 70.7 Å². The zero-order chi connectivity index (χ0) is 70.6. The van der Waals surface area contributed by atoms with E-state index in [1.807, 2.05) is 270 Å². The lowest BCUT2D eigenvalue weighted by Crippen LogP contribution is -2.42. The van der Waals surface area contributed by atoms with Gasteiger partial charge in [-0.2, -0.15) is 0 Å². The van der Waals surface area contributed by atoms with Gasteiger partial charge in [0.15, 0.2) is 17.5 Å². The number of carbonyl (C=O) groups excluding carboxylic acids is 6. The summed E-state index contributed by atoms with van der Waals surface area (Å²) in [5.41, 5.74) is 6.99. The Morgan fingerprint density at radius 2 is 0.613 bits per heavy atom. The molecular weight excluding hydrogens is 1380 g/mol. The first-order chi connectivity index (χ1) is 50.0. The third-order valence-electron chi connectivity index (χ3n) is 20.1. The van der Waals surface area contributed by atoms with E-state index in [0.717, 1.165) is 75.1 Å². The minimum atomic E-state index is -0.585. The van der Waals surface area contributed by atoms with Gasteiger partial charge >= 0.3 is 7.12 Å². The average molecular weight is 1450 g/mol. The standard InChI is InChI=1S/C37H22N4O2.C28H24BNO4.C22H12BrNO2.3CH4/c42-36-30-17-9-16-28-29(35-39-33(24-11-3-1-4-12-24)38-34(40-35)25-13-5-2-6-14-25)20-21-31(32(28)30)37(43)41(36)27-19-18-23-10-7-8-15-26(23)22-27;1-27(2)28(3,4)34-29(33-27)23-15-14-22-24-20(23)10-7-11-21(24)25(31)30(26(22)32)19-13-12-17-8-5-6-9-18(17)16-19;23-19-11-10-18-20-16(19)6-3-7-17(20)21(25)24(22(18)26)15-9-8-13-4-1-2-5-14(13)12-15;;;/h1-22H;5-16H,1-4H3;1-12H;3*1H4. The van der Waals surface area contributed by atoms with Crippen LogP contribution in [0.5, 0.6) is 0 Å². The number of benzene rings is 14. The van der Waals surface area contributed by atoms with E-state index in [2.05, 4.69) is 15.9 Å². The zero-order valence-corrected chi connectivity index (χ0v) is 57.5. The fourth-order valence-electron chi connectivity index (χ4n) is 14.2. The number of nitrogens with zero attached hydrogens (tertiary/aromatic N) is 6. The van der Waals surface area contributed by atoms with Crippen molar-refractivity contribution in [1.29, 1.82) is 0 Å². The third-order valence-corrected chi connectivity index (χ3v) is 20.8. The highest BCUT2D eigenvalue weighted by Crippen LogP contribution is 2.43. The predicted octanol–water partition coefficient (Wildman–Crippen LogP) is 20.5. The summed E-state index contributed by atoms with van der Waals surface area (Å²) >= 11 is 3.51. The average Bonchev–Trinajstić information content (AvgIpc) is 0.840. The summed E-state index contributed by atoms with van der Waals surface area (Å²) < 4.78 is 13.4. The highest BCUT2D eigenvalue weighted by Gasteiger charge is 2.52. The van der Waals surface area contributed by atoms with Crippen molar-refractivity contribution in [3.05, 3.63) is 317 Å². The second-order valence-electron chi connectivity index (χ2n) is 26.7. The van der Waals surface area contributed by atoms with Gasteiger partial charge in [-0.3, -0.25) is 28.8 Å². The first-order valence-corrected chi connectivity index (χ1v) is 34.5. The van der Waals surface area contributed by atoms with Gasteiger partial charge in [0.2, 0.25) is 0 Å². The predicted molar refractivity (Wildman–Crippen MR) is 430 cm³/mol. The molecule has 1 aromatic heterocycles. The van der Waals surface area contributed by atoms with Crippen molar-refractivity contribution in [2.45, 2.75) is 61.2 Å². The number of aromatic nitrogens is 3. The van der Waals surface area contributed by atoms with E-state index in [-0.39, 0.29) is 57.7 Å². The molecule has 0 atom stereocenters. The van der Waals surface area contributed by atoms with E-state index in [9.17, 15) is 28.8 Å². The smallest absolute Gasteiger partial charge is 0.399 e. The summed E-state index contributed by atoms with van der Waals surface area (Å²) in [7, 11) is -0.585. The summed E-state index contributed by atoms with van der Waals surface area (Å²) in [5.74, 6) is -0.411. The van der Waals surface area contributed by atoms with Crippen LogP contribution >= 0.6 is 15.9 Å². The van der Waals surface area contributed by atoms with Crippen LogP contribution in [0.4, 0.5) is 17.1 Å². The van der Waals surface area contributed by atoms with Gasteiger partial charge in [0.25, 0.3) is 35.4 Å². The molecule has 0 unspecified atom stereocenters. The van der Waals surface area contributed by atoms with E-state index in [1.54, 1.807) is 36.4 Å². The van der Waals surface area contributed by atoms with Gasteiger partial charge in [-0.05, 0) is 167 Å². The van der Waals surface area contributed by atoms with Crippen LogP contribution in [0.25, 0.3) is 98.8 Å². The van der Waals surface area contributed by atoms with E-state index in [4.69, 9.17) is 24.3 Å². The van der Waals surface area contributed by atoms with Crippen molar-refractivity contribution in [1.82, 2.24) is 15.0 Å². The molecule has 1 fully saturated rings. The SMILES string of the molecule is C.C.C.CC1(C)OB(c2ccc3c4c(cccc24)C(=O)N(c2ccc4ccccc4c2)C3=O)OC1(C)C.O=C1c2cccc3c(-c4nc(-c5ccccc5)nc(-c5ccccc5)n4)ccc(c23)C(=O)N1c1ccc2ccccc2c1.O=C1c2cccc3c(Br)ccc(c23)C(=O)N1c1ccc2ccccc2c1. The van der Waals surface area contributed by atoms with Gasteiger partial charge in [-0.25, -0.2) is 29.7 Å². The fourth-order valence-corrected chi connectivity index (χ4v) is 14.7. The second-order valence-corrected chi connectivity index (χ2v) is 27.6. The summed E-state index contributed by atoms with van der Waals surface area (Å²) in [6, 6.07) is 87.7. The Morgan fingerprint density at radius 3 is 1.03 bits per heavy atom. The number of imide groups is 3. The first-order valence-electron chi connectivity index (χ1n) is 33.7. The molecule has 0 radical (unpaired) electrons. The Kier molecular flexibility index (Phi) is 18.4. The maximum absolute atomic E-state index is 13.9. The number of amides is 6. The summed E-state index contributed by atoms with van der Waals surface area (Å²) in [4.78, 5) is 99.8. The van der Waals surface area contributed by atoms with Crippen LogP contribution in [0.15, 0.2) is 284 Å². The molecule has 16 heteroatoms. The molecule has 0 saturated carbocycles. The highest BCUT2D eigenvalue weighted by molar-refractivity contribution is 9.10. The van der Waals surface area contributed by atoms with Crippen LogP contribution < -0.4 is 20.2 Å². The van der Waals surface area contributed by atoms with Gasteiger partial charge in [-0.15, -0.1) is 0 Å². The third kappa shape index (κ3) is 11.9. The Bertz CT molecular complexity index is 6030. The number of anilines is 3. The Morgan fingerprint density at radius 1 is 0.302 bits per heavy atom. The Labute approximate surface area is 621 Å². The molecule has 15 aromatic rings. The van der Waals surface area contributed by atoms with Gasteiger partial charge in [0.1, 0.15) is 0 Å². The van der Waals surface area contributed by atoms with E-state index in [1.165, 1.54) is 14.7 Å². The molecule has 0 spiro atoms. The van der Waals surface area contributed by atoms with Crippen molar-refractivity contribution < 1.29 is 38.1 Å². The molecule has 0 aliphatic carbocycles. The minimum absolute atomic E-state index is 0. The van der Waals surface area contributed by atoms with Crippen molar-refractivity contribution in [2.24, 2.45) is 0 Å². The zero-order valence-electron chi connectivity index (χ0n) is 56.0. The van der Waals surface area contributed by atoms with Crippen LogP contribution in [0, 0.1) is 0 Å². The molecule has 106 heavy (non-hydrogen) atoms.